The third kappa shape index (κ3) is 6.18. The summed E-state index contributed by atoms with van der Waals surface area (Å²) < 4.78 is 41.0. The molecule has 1 aliphatic heterocycles. The van der Waals surface area contributed by atoms with Gasteiger partial charge in [0.25, 0.3) is 0 Å². The lowest BCUT2D eigenvalue weighted by Crippen LogP contribution is -2.55. The maximum absolute atomic E-state index is 12.9. The molecule has 2 amide bonds. The first-order valence-corrected chi connectivity index (χ1v) is 12.2. The second-order valence-corrected chi connectivity index (χ2v) is 9.10. The Morgan fingerprint density at radius 3 is 2.30 bits per heavy atom. The lowest BCUT2D eigenvalue weighted by molar-refractivity contribution is -0.274. The smallest absolute Gasteiger partial charge is 0.406 e. The van der Waals surface area contributed by atoms with Gasteiger partial charge in [-0.05, 0) is 43.3 Å². The Hall–Kier alpha value is -4.56. The van der Waals surface area contributed by atoms with E-state index in [0.717, 1.165) is 40.0 Å². The zero-order valence-electron chi connectivity index (χ0n) is 21.2. The van der Waals surface area contributed by atoms with Crippen molar-refractivity contribution in [1.29, 1.82) is 5.26 Å². The minimum Gasteiger partial charge on any atom is -0.406 e. The number of fused-ring (bicyclic) bond motifs is 1. The van der Waals surface area contributed by atoms with Gasteiger partial charge in [-0.3, -0.25) is 0 Å². The highest BCUT2D eigenvalue weighted by molar-refractivity contribution is 6.00. The summed E-state index contributed by atoms with van der Waals surface area (Å²) in [4.78, 5) is 16.6. The average molecular weight is 569 g/mol. The third-order valence-electron chi connectivity index (χ3n) is 6.48. The summed E-state index contributed by atoms with van der Waals surface area (Å²) in [6, 6.07) is 21.8. The SMILES string of the molecule is CC1CN(C(=O)Nc2ccc(OC(F)(F)F)cc2)CCN1c1nnc(-c2ccc(C#N)cc2)c2ccccc12.Cl. The standard InChI is InChI=1S/C28H23F3N6O2.ClH/c1-18-17-36(27(38)33-21-10-12-22(13-11-21)39-28(29,30)31)14-15-37(18)26-24-5-3-2-4-23(24)25(34-35-26)20-8-6-19(16-32)7-9-20;/h2-13,18H,14-15,17H2,1H3,(H,33,38);1H. The summed E-state index contributed by atoms with van der Waals surface area (Å²) >= 11 is 0. The minimum atomic E-state index is -4.78. The first-order chi connectivity index (χ1) is 18.7. The lowest BCUT2D eigenvalue weighted by Gasteiger charge is -2.40. The second kappa shape index (κ2) is 11.7. The van der Waals surface area contributed by atoms with Crippen molar-refractivity contribution in [3.63, 3.8) is 0 Å². The van der Waals surface area contributed by atoms with Gasteiger partial charge in [-0.1, -0.05) is 36.4 Å². The van der Waals surface area contributed by atoms with Gasteiger partial charge in [0.1, 0.15) is 11.4 Å². The van der Waals surface area contributed by atoms with Gasteiger partial charge >= 0.3 is 12.4 Å². The van der Waals surface area contributed by atoms with E-state index in [4.69, 9.17) is 5.26 Å². The molecule has 0 radical (unpaired) electrons. The zero-order chi connectivity index (χ0) is 27.6. The van der Waals surface area contributed by atoms with Crippen molar-refractivity contribution in [1.82, 2.24) is 15.1 Å². The largest absolute Gasteiger partial charge is 0.573 e. The Bertz CT molecular complexity index is 1540. The van der Waals surface area contributed by atoms with Crippen LogP contribution in [-0.2, 0) is 0 Å². The Labute approximate surface area is 234 Å². The fourth-order valence-corrected chi connectivity index (χ4v) is 4.62. The molecule has 0 saturated carbocycles. The maximum atomic E-state index is 12.9. The molecule has 8 nitrogen and oxygen atoms in total. The molecule has 206 valence electrons. The van der Waals surface area contributed by atoms with Gasteiger partial charge in [0.2, 0.25) is 0 Å². The number of carbonyl (C=O) groups excluding carboxylic acids is 1. The topological polar surface area (TPSA) is 94.4 Å². The van der Waals surface area contributed by atoms with Crippen LogP contribution in [0.2, 0.25) is 0 Å². The van der Waals surface area contributed by atoms with Crippen LogP contribution in [0.1, 0.15) is 12.5 Å². The van der Waals surface area contributed by atoms with Gasteiger partial charge < -0.3 is 19.9 Å². The average Bonchev–Trinajstić information content (AvgIpc) is 2.93. The monoisotopic (exact) mass is 568 g/mol. The first-order valence-electron chi connectivity index (χ1n) is 12.2. The van der Waals surface area contributed by atoms with Gasteiger partial charge in [-0.2, -0.15) is 5.26 Å². The van der Waals surface area contributed by atoms with Crippen LogP contribution in [0.4, 0.5) is 29.5 Å². The van der Waals surface area contributed by atoms with Crippen molar-refractivity contribution in [3.05, 3.63) is 78.4 Å². The number of anilines is 2. The second-order valence-electron chi connectivity index (χ2n) is 9.10. The van der Waals surface area contributed by atoms with Gasteiger partial charge in [-0.15, -0.1) is 35.8 Å². The molecule has 12 heteroatoms. The summed E-state index contributed by atoms with van der Waals surface area (Å²) in [6.45, 7) is 3.34. The summed E-state index contributed by atoms with van der Waals surface area (Å²) in [6.07, 6.45) is -4.78. The molecule has 1 N–H and O–H groups in total. The predicted molar refractivity (Wildman–Crippen MR) is 147 cm³/mol. The fourth-order valence-electron chi connectivity index (χ4n) is 4.62. The number of benzene rings is 3. The van der Waals surface area contributed by atoms with Crippen LogP contribution in [0.3, 0.4) is 0 Å². The van der Waals surface area contributed by atoms with Crippen molar-refractivity contribution >= 4 is 40.7 Å². The van der Waals surface area contributed by atoms with E-state index < -0.39 is 6.36 Å². The maximum Gasteiger partial charge on any atom is 0.573 e. The van der Waals surface area contributed by atoms with E-state index in [2.05, 4.69) is 31.2 Å². The number of urea groups is 1. The molecule has 5 rings (SSSR count). The molecule has 0 bridgehead atoms. The first kappa shape index (κ1) is 28.4. The van der Waals surface area contributed by atoms with Crippen LogP contribution in [0.25, 0.3) is 22.0 Å². The van der Waals surface area contributed by atoms with Crippen LogP contribution in [0, 0.1) is 11.3 Å². The van der Waals surface area contributed by atoms with Crippen molar-refractivity contribution < 1.29 is 22.7 Å². The molecule has 1 saturated heterocycles. The number of hydrogen-bond acceptors (Lipinski definition) is 6. The predicted octanol–water partition coefficient (Wildman–Crippen LogP) is 6.23. The number of alkyl halides is 3. The van der Waals surface area contributed by atoms with Crippen LogP contribution in [0.15, 0.2) is 72.8 Å². The zero-order valence-corrected chi connectivity index (χ0v) is 22.0. The van der Waals surface area contributed by atoms with Crippen molar-refractivity contribution in [3.8, 4) is 23.1 Å². The summed E-state index contributed by atoms with van der Waals surface area (Å²) in [5, 5.41) is 22.8. The van der Waals surface area contributed by atoms with Crippen LogP contribution in [-0.4, -0.2) is 53.2 Å². The number of amides is 2. The highest BCUT2D eigenvalue weighted by Crippen LogP contribution is 2.33. The van der Waals surface area contributed by atoms with Gasteiger partial charge in [-0.25, -0.2) is 4.79 Å². The molecule has 2 heterocycles. The van der Waals surface area contributed by atoms with E-state index in [0.29, 0.717) is 30.9 Å². The van der Waals surface area contributed by atoms with Crippen LogP contribution >= 0.6 is 12.4 Å². The van der Waals surface area contributed by atoms with E-state index in [-0.39, 0.29) is 30.2 Å². The molecule has 1 aliphatic rings. The molecule has 1 unspecified atom stereocenters. The molecular weight excluding hydrogens is 545 g/mol. The summed E-state index contributed by atoms with van der Waals surface area (Å²) in [5.41, 5.74) is 2.50. The number of ether oxygens (including phenoxy) is 1. The minimum absolute atomic E-state index is 0. The molecule has 1 atom stereocenters. The van der Waals surface area contributed by atoms with Crippen LogP contribution in [0.5, 0.6) is 5.75 Å². The number of nitrogens with one attached hydrogen (secondary N) is 1. The number of nitriles is 1. The van der Waals surface area contributed by atoms with E-state index >= 15 is 0 Å². The number of halogens is 4. The Balaban J connectivity index is 0.00000370. The number of piperazine rings is 1. The quantitative estimate of drug-likeness (QED) is 0.313. The normalized spacial score (nSPS) is 15.2. The van der Waals surface area contributed by atoms with Gasteiger partial charge in [0.15, 0.2) is 5.82 Å². The molecule has 1 aromatic heterocycles. The third-order valence-corrected chi connectivity index (χ3v) is 6.48. The molecule has 0 aliphatic carbocycles. The highest BCUT2D eigenvalue weighted by atomic mass is 35.5. The number of nitrogens with zero attached hydrogens (tertiary/aromatic N) is 5. The number of rotatable bonds is 4. The molecular formula is C28H24ClF3N6O2. The Morgan fingerprint density at radius 2 is 1.68 bits per heavy atom. The summed E-state index contributed by atoms with van der Waals surface area (Å²) in [5.74, 6) is 0.358. The summed E-state index contributed by atoms with van der Waals surface area (Å²) in [7, 11) is 0. The number of hydrogen-bond donors (Lipinski definition) is 1. The molecule has 4 aromatic rings. The van der Waals surface area contributed by atoms with E-state index in [1.54, 1.807) is 17.0 Å². The highest BCUT2D eigenvalue weighted by Gasteiger charge is 2.31. The van der Waals surface area contributed by atoms with E-state index in [1.165, 1.54) is 12.1 Å². The van der Waals surface area contributed by atoms with E-state index in [9.17, 15) is 18.0 Å². The van der Waals surface area contributed by atoms with Crippen LogP contribution < -0.4 is 15.0 Å². The van der Waals surface area contributed by atoms with Gasteiger partial charge in [0, 0.05) is 47.7 Å². The number of aromatic nitrogens is 2. The Kier molecular flexibility index (Phi) is 8.30. The molecule has 40 heavy (non-hydrogen) atoms. The lowest BCUT2D eigenvalue weighted by atomic mass is 10.0. The van der Waals surface area contributed by atoms with Crippen molar-refractivity contribution in [2.24, 2.45) is 0 Å². The van der Waals surface area contributed by atoms with Crippen molar-refractivity contribution in [2.45, 2.75) is 19.3 Å². The molecule has 3 aromatic carbocycles. The Morgan fingerprint density at radius 1 is 1.00 bits per heavy atom. The molecule has 0 spiro atoms. The van der Waals surface area contributed by atoms with Crippen molar-refractivity contribution in [2.75, 3.05) is 29.9 Å². The van der Waals surface area contributed by atoms with E-state index in [1.807, 2.05) is 43.3 Å². The van der Waals surface area contributed by atoms with Gasteiger partial charge in [0.05, 0.1) is 11.6 Å². The molecule has 1 fully saturated rings. The fraction of sp³-hybridized carbons (Fsp3) is 0.214. The number of carbonyl (C=O) groups is 1.